The Labute approximate surface area is 110 Å². The lowest BCUT2D eigenvalue weighted by Gasteiger charge is -2.06. The van der Waals surface area contributed by atoms with E-state index in [1.165, 1.54) is 13.2 Å². The molecule has 102 valence electrons. The smallest absolute Gasteiger partial charge is 0.373 e. The molecule has 0 radical (unpaired) electrons. The zero-order chi connectivity index (χ0) is 14.0. The number of carbonyl (C=O) groups is 1. The highest BCUT2D eigenvalue weighted by molar-refractivity contribution is 5.86. The van der Waals surface area contributed by atoms with Gasteiger partial charge in [-0.25, -0.2) is 4.79 Å². The zero-order valence-electron chi connectivity index (χ0n) is 11.0. The second-order valence-electron chi connectivity index (χ2n) is 4.44. The highest BCUT2D eigenvalue weighted by Gasteiger charge is 2.19. The molecule has 1 atom stereocenters. The molecule has 0 bridgehead atoms. The van der Waals surface area contributed by atoms with E-state index in [1.807, 2.05) is 13.8 Å². The van der Waals surface area contributed by atoms with Gasteiger partial charge in [-0.2, -0.15) is 5.10 Å². The first-order valence-corrected chi connectivity index (χ1v) is 5.93. The van der Waals surface area contributed by atoms with Crippen LogP contribution >= 0.6 is 0 Å². The summed E-state index contributed by atoms with van der Waals surface area (Å²) in [6, 6.07) is 3.23. The fourth-order valence-corrected chi connectivity index (χ4v) is 1.65. The van der Waals surface area contributed by atoms with Crippen LogP contribution in [-0.2, 0) is 4.74 Å². The maximum atomic E-state index is 11.3. The summed E-state index contributed by atoms with van der Waals surface area (Å²) in [5.74, 6) is -0.229. The molecule has 2 heterocycles. The Bertz CT molecular complexity index is 571. The van der Waals surface area contributed by atoms with Gasteiger partial charge in [0.15, 0.2) is 0 Å². The van der Waals surface area contributed by atoms with Crippen molar-refractivity contribution >= 4 is 5.97 Å². The normalized spacial score (nSPS) is 12.7. The molecule has 0 aliphatic carbocycles. The number of aliphatic hydroxyl groups is 1. The maximum absolute atomic E-state index is 11.3. The molecule has 0 saturated carbocycles. The Morgan fingerprint density at radius 2 is 2.21 bits per heavy atom. The Balaban J connectivity index is 2.20. The number of ether oxygens (including phenoxy) is 1. The second kappa shape index (κ2) is 5.27. The molecule has 0 aliphatic heterocycles. The average molecular weight is 264 g/mol. The molecule has 6 heteroatoms. The van der Waals surface area contributed by atoms with Crippen molar-refractivity contribution < 1.29 is 19.1 Å². The van der Waals surface area contributed by atoms with Crippen molar-refractivity contribution in [3.05, 3.63) is 41.6 Å². The van der Waals surface area contributed by atoms with Crippen molar-refractivity contribution in [1.29, 1.82) is 0 Å². The number of furan rings is 1. The van der Waals surface area contributed by atoms with E-state index in [1.54, 1.807) is 23.1 Å². The van der Waals surface area contributed by atoms with Crippen LogP contribution in [0.4, 0.5) is 0 Å². The molecule has 19 heavy (non-hydrogen) atoms. The minimum Gasteiger partial charge on any atom is -0.463 e. The van der Waals surface area contributed by atoms with Crippen LogP contribution in [0.25, 0.3) is 0 Å². The van der Waals surface area contributed by atoms with Gasteiger partial charge >= 0.3 is 5.97 Å². The number of rotatable bonds is 4. The van der Waals surface area contributed by atoms with E-state index in [0.717, 1.165) is 0 Å². The molecule has 0 spiro atoms. The summed E-state index contributed by atoms with van der Waals surface area (Å²) in [6.45, 7) is 3.98. The number of carbonyl (C=O) groups excluding carboxylic acids is 1. The minimum absolute atomic E-state index is 0.0628. The molecular formula is C13H16N2O4. The summed E-state index contributed by atoms with van der Waals surface area (Å²) in [6.07, 6.45) is 2.37. The van der Waals surface area contributed by atoms with E-state index >= 15 is 0 Å². The van der Waals surface area contributed by atoms with Gasteiger partial charge in [0, 0.05) is 17.8 Å². The van der Waals surface area contributed by atoms with Gasteiger partial charge in [0.25, 0.3) is 0 Å². The predicted molar refractivity (Wildman–Crippen MR) is 66.7 cm³/mol. The van der Waals surface area contributed by atoms with E-state index in [-0.39, 0.29) is 17.6 Å². The second-order valence-corrected chi connectivity index (χ2v) is 4.44. The molecular weight excluding hydrogens is 248 g/mol. The Morgan fingerprint density at radius 1 is 1.47 bits per heavy atom. The molecule has 6 nitrogen and oxygen atoms in total. The van der Waals surface area contributed by atoms with Crippen LogP contribution < -0.4 is 0 Å². The zero-order valence-corrected chi connectivity index (χ0v) is 11.0. The highest BCUT2D eigenvalue weighted by Crippen LogP contribution is 2.24. The van der Waals surface area contributed by atoms with E-state index in [9.17, 15) is 9.90 Å². The molecule has 1 unspecified atom stereocenters. The number of hydrogen-bond acceptors (Lipinski definition) is 5. The molecule has 2 aromatic rings. The Morgan fingerprint density at radius 3 is 2.79 bits per heavy atom. The first kappa shape index (κ1) is 13.4. The van der Waals surface area contributed by atoms with Gasteiger partial charge in [-0.1, -0.05) is 0 Å². The third-order valence-corrected chi connectivity index (χ3v) is 2.75. The summed E-state index contributed by atoms with van der Waals surface area (Å²) >= 11 is 0. The Hall–Kier alpha value is -2.08. The standard InChI is InChI=1S/C13H16N2O4/c1-8(2)15-7-9(6-14-15)12(16)10-4-5-11(19-10)13(17)18-3/h4-8,12,16H,1-3H3. The maximum Gasteiger partial charge on any atom is 0.373 e. The average Bonchev–Trinajstić information content (AvgIpc) is 3.05. The number of hydrogen-bond donors (Lipinski definition) is 1. The highest BCUT2D eigenvalue weighted by atomic mass is 16.5. The SMILES string of the molecule is COC(=O)c1ccc(C(O)c2cnn(C(C)C)c2)o1. The van der Waals surface area contributed by atoms with Crippen molar-refractivity contribution in [3.63, 3.8) is 0 Å². The third-order valence-electron chi connectivity index (χ3n) is 2.75. The van der Waals surface area contributed by atoms with Crippen molar-refractivity contribution in [2.45, 2.75) is 26.0 Å². The molecule has 2 aromatic heterocycles. The lowest BCUT2D eigenvalue weighted by molar-refractivity contribution is 0.0558. The number of aliphatic hydroxyl groups excluding tert-OH is 1. The molecule has 0 aromatic carbocycles. The van der Waals surface area contributed by atoms with Crippen molar-refractivity contribution in [1.82, 2.24) is 9.78 Å². The van der Waals surface area contributed by atoms with Gasteiger partial charge in [0.1, 0.15) is 11.9 Å². The van der Waals surface area contributed by atoms with Crippen LogP contribution in [0.5, 0.6) is 0 Å². The fourth-order valence-electron chi connectivity index (χ4n) is 1.65. The molecule has 1 N–H and O–H groups in total. The van der Waals surface area contributed by atoms with Gasteiger partial charge in [-0.05, 0) is 26.0 Å². The monoisotopic (exact) mass is 264 g/mol. The van der Waals surface area contributed by atoms with E-state index in [4.69, 9.17) is 4.42 Å². The van der Waals surface area contributed by atoms with Gasteiger partial charge in [0.2, 0.25) is 5.76 Å². The lowest BCUT2D eigenvalue weighted by Crippen LogP contribution is -2.01. The molecule has 0 fully saturated rings. The van der Waals surface area contributed by atoms with Crippen LogP contribution in [0.2, 0.25) is 0 Å². The first-order chi connectivity index (χ1) is 9.02. The molecule has 2 rings (SSSR count). The van der Waals surface area contributed by atoms with Crippen LogP contribution in [0, 0.1) is 0 Å². The van der Waals surface area contributed by atoms with Gasteiger partial charge in [-0.3, -0.25) is 4.68 Å². The van der Waals surface area contributed by atoms with Gasteiger partial charge < -0.3 is 14.3 Å². The van der Waals surface area contributed by atoms with Crippen LogP contribution in [-0.4, -0.2) is 28.0 Å². The van der Waals surface area contributed by atoms with Gasteiger partial charge in [0.05, 0.1) is 13.3 Å². The fraction of sp³-hybridized carbons (Fsp3) is 0.385. The van der Waals surface area contributed by atoms with Crippen molar-refractivity contribution in [2.75, 3.05) is 7.11 Å². The first-order valence-electron chi connectivity index (χ1n) is 5.93. The summed E-state index contributed by atoms with van der Waals surface area (Å²) < 4.78 is 11.5. The molecule has 0 aliphatic rings. The van der Waals surface area contributed by atoms with Crippen LogP contribution in [0.1, 0.15) is 47.9 Å². The quantitative estimate of drug-likeness (QED) is 0.854. The van der Waals surface area contributed by atoms with Crippen LogP contribution in [0.3, 0.4) is 0 Å². The Kier molecular flexibility index (Phi) is 3.71. The summed E-state index contributed by atoms with van der Waals surface area (Å²) in [4.78, 5) is 11.3. The van der Waals surface area contributed by atoms with E-state index in [0.29, 0.717) is 5.56 Å². The number of nitrogens with zero attached hydrogens (tertiary/aromatic N) is 2. The summed E-state index contributed by atoms with van der Waals surface area (Å²) in [5.41, 5.74) is 0.611. The lowest BCUT2D eigenvalue weighted by atomic mass is 10.1. The van der Waals surface area contributed by atoms with E-state index < -0.39 is 12.1 Å². The molecule has 0 saturated heterocycles. The third kappa shape index (κ3) is 2.68. The minimum atomic E-state index is -0.953. The summed E-state index contributed by atoms with van der Waals surface area (Å²) in [7, 11) is 1.27. The predicted octanol–water partition coefficient (Wildman–Crippen LogP) is 1.93. The number of methoxy groups -OCH3 is 1. The van der Waals surface area contributed by atoms with E-state index in [2.05, 4.69) is 9.84 Å². The van der Waals surface area contributed by atoms with Crippen molar-refractivity contribution in [3.8, 4) is 0 Å². The topological polar surface area (TPSA) is 77.5 Å². The van der Waals surface area contributed by atoms with Crippen LogP contribution in [0.15, 0.2) is 28.9 Å². The number of aromatic nitrogens is 2. The number of esters is 1. The molecule has 0 amide bonds. The van der Waals surface area contributed by atoms with Crippen molar-refractivity contribution in [2.24, 2.45) is 0 Å². The summed E-state index contributed by atoms with van der Waals surface area (Å²) in [5, 5.41) is 14.3. The van der Waals surface area contributed by atoms with Gasteiger partial charge in [-0.15, -0.1) is 0 Å². The largest absolute Gasteiger partial charge is 0.463 e.